The molecule has 1 N–H and O–H groups in total. The van der Waals surface area contributed by atoms with Crippen LogP contribution in [0.1, 0.15) is 41.4 Å². The van der Waals surface area contributed by atoms with E-state index < -0.39 is 5.91 Å². The Balaban J connectivity index is 1.71. The van der Waals surface area contributed by atoms with Gasteiger partial charge in [0.15, 0.2) is 0 Å². The van der Waals surface area contributed by atoms with E-state index in [1.165, 1.54) is 0 Å². The highest BCUT2D eigenvalue weighted by atomic mass is 35.5. The second-order valence-electron chi connectivity index (χ2n) is 8.13. The lowest BCUT2D eigenvalue weighted by Crippen LogP contribution is -2.33. The van der Waals surface area contributed by atoms with Crippen molar-refractivity contribution in [2.45, 2.75) is 33.6 Å². The number of benzene rings is 1. The van der Waals surface area contributed by atoms with E-state index in [4.69, 9.17) is 23.2 Å². The Morgan fingerprint density at radius 1 is 1.21 bits per heavy atom. The molecule has 3 amide bonds. The summed E-state index contributed by atoms with van der Waals surface area (Å²) in [5.41, 5.74) is 3.52. The maximum absolute atomic E-state index is 13.1. The number of halogens is 2. The molecule has 0 radical (unpaired) electrons. The molecule has 7 nitrogen and oxygen atoms in total. The topological polar surface area (TPSA) is 78.4 Å². The minimum atomic E-state index is -0.475. The molecule has 2 aromatic heterocycles. The molecule has 1 aliphatic heterocycles. The summed E-state index contributed by atoms with van der Waals surface area (Å²) < 4.78 is 0. The summed E-state index contributed by atoms with van der Waals surface area (Å²) in [4.78, 5) is 38.5. The summed E-state index contributed by atoms with van der Waals surface area (Å²) in [6.07, 6.45) is 3.74. The van der Waals surface area contributed by atoms with E-state index >= 15 is 0 Å². The second-order valence-corrected chi connectivity index (χ2v) is 8.90. The standard InChI is InChI=1S/C24H25Cl2N5O2/c1-4-5-9-30-10-11-31(24(30)33)21-14(2)13-27-20-16(21)7-6-8-18(20)29-23(32)19-17(25)12-15(3)28-22(19)26/h6-8,12-13H,4-5,9-11H2,1-3H3,(H,29,32). The first kappa shape index (κ1) is 23.3. The number of fused-ring (bicyclic) bond motifs is 1. The average molecular weight is 486 g/mol. The fourth-order valence-corrected chi connectivity index (χ4v) is 4.80. The number of aryl methyl sites for hydroxylation is 2. The van der Waals surface area contributed by atoms with Crippen LogP contribution in [-0.4, -0.2) is 46.4 Å². The molecule has 0 spiro atoms. The van der Waals surface area contributed by atoms with Crippen molar-refractivity contribution >= 4 is 57.4 Å². The lowest BCUT2D eigenvalue weighted by molar-refractivity contribution is 0.102. The molecule has 1 aromatic carbocycles. The van der Waals surface area contributed by atoms with Gasteiger partial charge in [0.1, 0.15) is 5.15 Å². The normalized spacial score (nSPS) is 13.8. The molecular weight excluding hydrogens is 461 g/mol. The Labute approximate surface area is 202 Å². The minimum Gasteiger partial charge on any atom is -0.323 e. The van der Waals surface area contributed by atoms with E-state index in [9.17, 15) is 9.59 Å². The number of unbranched alkanes of at least 4 members (excludes halogenated alkanes) is 1. The van der Waals surface area contributed by atoms with Crippen molar-refractivity contribution in [2.75, 3.05) is 29.9 Å². The van der Waals surface area contributed by atoms with Gasteiger partial charge < -0.3 is 10.2 Å². The van der Waals surface area contributed by atoms with Crippen LogP contribution in [-0.2, 0) is 0 Å². The zero-order chi connectivity index (χ0) is 23.7. The van der Waals surface area contributed by atoms with Crippen LogP contribution in [0.4, 0.5) is 16.2 Å². The minimum absolute atomic E-state index is 0.00205. The number of para-hydroxylation sites is 1. The number of amides is 3. The van der Waals surface area contributed by atoms with Gasteiger partial charge in [-0.15, -0.1) is 0 Å². The lowest BCUT2D eigenvalue weighted by atomic mass is 10.1. The number of urea groups is 1. The van der Waals surface area contributed by atoms with Gasteiger partial charge in [0.2, 0.25) is 0 Å². The van der Waals surface area contributed by atoms with Crippen molar-refractivity contribution in [2.24, 2.45) is 0 Å². The molecular formula is C24H25Cl2N5O2. The molecule has 33 heavy (non-hydrogen) atoms. The van der Waals surface area contributed by atoms with Gasteiger partial charge in [0.25, 0.3) is 5.91 Å². The predicted molar refractivity (Wildman–Crippen MR) is 133 cm³/mol. The first-order chi connectivity index (χ1) is 15.8. The maximum atomic E-state index is 13.1. The summed E-state index contributed by atoms with van der Waals surface area (Å²) in [5, 5.41) is 3.92. The van der Waals surface area contributed by atoms with E-state index in [0.717, 1.165) is 36.0 Å². The fourth-order valence-electron chi connectivity index (χ4n) is 4.10. The Hall–Kier alpha value is -2.90. The zero-order valence-corrected chi connectivity index (χ0v) is 20.3. The monoisotopic (exact) mass is 485 g/mol. The molecule has 0 unspecified atom stereocenters. The van der Waals surface area contributed by atoms with Crippen LogP contribution in [0.5, 0.6) is 0 Å². The molecule has 0 atom stereocenters. The van der Waals surface area contributed by atoms with Crippen LogP contribution in [0.25, 0.3) is 10.9 Å². The Morgan fingerprint density at radius 3 is 2.73 bits per heavy atom. The maximum Gasteiger partial charge on any atom is 0.324 e. The number of anilines is 2. The molecule has 0 bridgehead atoms. The Morgan fingerprint density at radius 2 is 2.00 bits per heavy atom. The van der Waals surface area contributed by atoms with Gasteiger partial charge in [-0.05, 0) is 38.0 Å². The summed E-state index contributed by atoms with van der Waals surface area (Å²) in [6, 6.07) is 7.09. The van der Waals surface area contributed by atoms with Gasteiger partial charge in [0, 0.05) is 36.9 Å². The van der Waals surface area contributed by atoms with Crippen LogP contribution in [0.15, 0.2) is 30.5 Å². The second kappa shape index (κ2) is 9.53. The van der Waals surface area contributed by atoms with Crippen molar-refractivity contribution in [3.05, 3.63) is 57.5 Å². The van der Waals surface area contributed by atoms with Crippen LogP contribution in [0.2, 0.25) is 10.2 Å². The number of aromatic nitrogens is 2. The molecule has 3 aromatic rings. The van der Waals surface area contributed by atoms with Gasteiger partial charge in [-0.3, -0.25) is 14.7 Å². The molecule has 0 aliphatic carbocycles. The third-order valence-corrected chi connectivity index (χ3v) is 6.30. The number of carbonyl (C=O) groups excluding carboxylic acids is 2. The first-order valence-electron chi connectivity index (χ1n) is 10.9. The zero-order valence-electron chi connectivity index (χ0n) is 18.8. The van der Waals surface area contributed by atoms with E-state index in [1.807, 2.05) is 24.0 Å². The van der Waals surface area contributed by atoms with Crippen molar-refractivity contribution in [1.29, 1.82) is 0 Å². The fraction of sp³-hybridized carbons (Fsp3) is 0.333. The van der Waals surface area contributed by atoms with Crippen LogP contribution < -0.4 is 10.2 Å². The van der Waals surface area contributed by atoms with Crippen molar-refractivity contribution in [3.8, 4) is 0 Å². The van der Waals surface area contributed by atoms with Gasteiger partial charge in [-0.1, -0.05) is 48.7 Å². The molecule has 3 heterocycles. The SMILES string of the molecule is CCCCN1CCN(c2c(C)cnc3c(NC(=O)c4c(Cl)cc(C)nc4Cl)cccc23)C1=O. The van der Waals surface area contributed by atoms with Crippen LogP contribution in [0, 0.1) is 13.8 Å². The first-order valence-corrected chi connectivity index (χ1v) is 11.7. The Kier molecular flexibility index (Phi) is 6.72. The highest BCUT2D eigenvalue weighted by Crippen LogP contribution is 2.35. The van der Waals surface area contributed by atoms with Gasteiger partial charge >= 0.3 is 6.03 Å². The molecule has 1 aliphatic rings. The molecule has 0 saturated carbocycles. The molecule has 172 valence electrons. The van der Waals surface area contributed by atoms with Crippen molar-refractivity contribution < 1.29 is 9.59 Å². The summed E-state index contributed by atoms with van der Waals surface area (Å²) in [5.74, 6) is -0.475. The number of nitrogens with zero attached hydrogens (tertiary/aromatic N) is 4. The summed E-state index contributed by atoms with van der Waals surface area (Å²) in [6.45, 7) is 7.85. The number of pyridine rings is 2. The average Bonchev–Trinajstić information content (AvgIpc) is 3.11. The highest BCUT2D eigenvalue weighted by molar-refractivity contribution is 6.39. The number of hydrogen-bond acceptors (Lipinski definition) is 4. The number of nitrogens with one attached hydrogen (secondary N) is 1. The largest absolute Gasteiger partial charge is 0.324 e. The van der Waals surface area contributed by atoms with Crippen LogP contribution >= 0.6 is 23.2 Å². The van der Waals surface area contributed by atoms with Crippen molar-refractivity contribution in [1.82, 2.24) is 14.9 Å². The third kappa shape index (κ3) is 4.48. The lowest BCUT2D eigenvalue weighted by Gasteiger charge is -2.22. The van der Waals surface area contributed by atoms with E-state index in [2.05, 4.69) is 22.2 Å². The quantitative estimate of drug-likeness (QED) is 0.444. The summed E-state index contributed by atoms with van der Waals surface area (Å²) >= 11 is 12.5. The van der Waals surface area contributed by atoms with Crippen molar-refractivity contribution in [3.63, 3.8) is 0 Å². The Bertz CT molecular complexity index is 1220. The predicted octanol–water partition coefficient (Wildman–Crippen LogP) is 5.85. The molecule has 1 saturated heterocycles. The van der Waals surface area contributed by atoms with E-state index in [-0.39, 0.29) is 21.8 Å². The summed E-state index contributed by atoms with van der Waals surface area (Å²) in [7, 11) is 0. The molecule has 9 heteroatoms. The highest BCUT2D eigenvalue weighted by Gasteiger charge is 2.31. The van der Waals surface area contributed by atoms with Gasteiger partial charge in [0.05, 0.1) is 27.5 Å². The van der Waals surface area contributed by atoms with E-state index in [1.54, 1.807) is 30.2 Å². The smallest absolute Gasteiger partial charge is 0.323 e. The van der Waals surface area contributed by atoms with Gasteiger partial charge in [-0.25, -0.2) is 9.78 Å². The molecule has 1 fully saturated rings. The number of rotatable bonds is 6. The van der Waals surface area contributed by atoms with Crippen LogP contribution in [0.3, 0.4) is 0 Å². The third-order valence-electron chi connectivity index (χ3n) is 5.73. The molecule has 4 rings (SSSR count). The van der Waals surface area contributed by atoms with Gasteiger partial charge in [-0.2, -0.15) is 0 Å². The van der Waals surface area contributed by atoms with E-state index in [0.29, 0.717) is 30.0 Å². The number of hydrogen-bond donors (Lipinski definition) is 1. The number of carbonyl (C=O) groups is 2.